The molecule has 3 nitrogen and oxygen atoms in total. The SMILES string of the molecule is O=c1c2c(nc(SCc3cccc(C(F)(F)F)c3)n1-c1ccc(F)cc1)CCS2. The van der Waals surface area contributed by atoms with Crippen LogP contribution in [0, 0.1) is 5.82 Å². The van der Waals surface area contributed by atoms with Crippen LogP contribution in [0.1, 0.15) is 16.8 Å². The Bertz CT molecular complexity index is 1110. The molecule has 0 amide bonds. The Morgan fingerprint density at radius 1 is 1.14 bits per heavy atom. The van der Waals surface area contributed by atoms with Gasteiger partial charge in [0.15, 0.2) is 5.16 Å². The molecule has 29 heavy (non-hydrogen) atoms. The zero-order valence-electron chi connectivity index (χ0n) is 14.9. The third-order valence-electron chi connectivity index (χ3n) is 4.37. The van der Waals surface area contributed by atoms with Gasteiger partial charge in [-0.25, -0.2) is 9.37 Å². The Morgan fingerprint density at radius 3 is 2.62 bits per heavy atom. The summed E-state index contributed by atoms with van der Waals surface area (Å²) in [7, 11) is 0. The number of hydrogen-bond donors (Lipinski definition) is 0. The van der Waals surface area contributed by atoms with Gasteiger partial charge < -0.3 is 0 Å². The minimum Gasteiger partial charge on any atom is -0.268 e. The standard InChI is InChI=1S/C20H14F4N2OS2/c21-14-4-6-15(7-5-14)26-18(27)17-16(8-9-28-17)25-19(26)29-11-12-2-1-3-13(10-12)20(22,23)24/h1-7,10H,8-9,11H2. The molecule has 0 aliphatic carbocycles. The van der Waals surface area contributed by atoms with Crippen LogP contribution in [0.25, 0.3) is 5.69 Å². The lowest BCUT2D eigenvalue weighted by Crippen LogP contribution is -2.23. The van der Waals surface area contributed by atoms with Crippen LogP contribution in [0.2, 0.25) is 0 Å². The average Bonchev–Trinajstić information content (AvgIpc) is 3.16. The van der Waals surface area contributed by atoms with Crippen LogP contribution in [-0.2, 0) is 18.3 Å². The summed E-state index contributed by atoms with van der Waals surface area (Å²) in [5, 5.41) is 0.375. The fourth-order valence-corrected chi connectivity index (χ4v) is 4.99. The van der Waals surface area contributed by atoms with E-state index < -0.39 is 17.6 Å². The third kappa shape index (κ3) is 4.20. The summed E-state index contributed by atoms with van der Waals surface area (Å²) in [6.45, 7) is 0. The summed E-state index contributed by atoms with van der Waals surface area (Å²) in [5.74, 6) is 0.537. The number of hydrogen-bond acceptors (Lipinski definition) is 4. The summed E-state index contributed by atoms with van der Waals surface area (Å²) in [6, 6.07) is 10.6. The highest BCUT2D eigenvalue weighted by atomic mass is 32.2. The van der Waals surface area contributed by atoms with Crippen molar-refractivity contribution >= 4 is 23.5 Å². The predicted molar refractivity (Wildman–Crippen MR) is 105 cm³/mol. The van der Waals surface area contributed by atoms with Crippen molar-refractivity contribution in [2.24, 2.45) is 0 Å². The second-order valence-electron chi connectivity index (χ2n) is 6.37. The molecule has 0 N–H and O–H groups in total. The maximum atomic E-state index is 13.3. The van der Waals surface area contributed by atoms with Gasteiger partial charge in [0.2, 0.25) is 0 Å². The van der Waals surface area contributed by atoms with E-state index in [1.165, 1.54) is 58.4 Å². The Kier molecular flexibility index (Phi) is 5.44. The van der Waals surface area contributed by atoms with Crippen LogP contribution in [-0.4, -0.2) is 15.3 Å². The molecule has 150 valence electrons. The van der Waals surface area contributed by atoms with E-state index in [0.29, 0.717) is 33.4 Å². The Hall–Kier alpha value is -2.26. The number of thioether (sulfide) groups is 2. The number of alkyl halides is 3. The van der Waals surface area contributed by atoms with Crippen LogP contribution in [0.3, 0.4) is 0 Å². The second kappa shape index (κ2) is 7.87. The van der Waals surface area contributed by atoms with Gasteiger partial charge in [0.05, 0.1) is 21.8 Å². The lowest BCUT2D eigenvalue weighted by atomic mass is 10.1. The van der Waals surface area contributed by atoms with Crippen LogP contribution in [0.4, 0.5) is 17.6 Å². The molecule has 0 saturated carbocycles. The van der Waals surface area contributed by atoms with Crippen molar-refractivity contribution in [3.8, 4) is 5.69 Å². The van der Waals surface area contributed by atoms with Gasteiger partial charge in [-0.3, -0.25) is 9.36 Å². The number of rotatable bonds is 4. The summed E-state index contributed by atoms with van der Waals surface area (Å²) in [5.41, 5.74) is 0.677. The molecule has 1 aliphatic heterocycles. The number of fused-ring (bicyclic) bond motifs is 1. The van der Waals surface area contributed by atoms with Gasteiger partial charge in [-0.05, 0) is 35.9 Å². The molecule has 2 heterocycles. The summed E-state index contributed by atoms with van der Waals surface area (Å²) < 4.78 is 53.6. The summed E-state index contributed by atoms with van der Waals surface area (Å²) in [6.07, 6.45) is -3.75. The first kappa shape index (κ1) is 20.0. The zero-order chi connectivity index (χ0) is 20.6. The number of nitrogens with zero attached hydrogens (tertiary/aromatic N) is 2. The van der Waals surface area contributed by atoms with Gasteiger partial charge in [0, 0.05) is 17.9 Å². The second-order valence-corrected chi connectivity index (χ2v) is 8.42. The maximum Gasteiger partial charge on any atom is 0.416 e. The van der Waals surface area contributed by atoms with E-state index in [2.05, 4.69) is 4.98 Å². The van der Waals surface area contributed by atoms with Gasteiger partial charge in [-0.2, -0.15) is 13.2 Å². The van der Waals surface area contributed by atoms with Crippen molar-refractivity contribution in [2.75, 3.05) is 5.75 Å². The average molecular weight is 438 g/mol. The van der Waals surface area contributed by atoms with E-state index >= 15 is 0 Å². The molecule has 4 rings (SSSR count). The van der Waals surface area contributed by atoms with Crippen molar-refractivity contribution in [3.63, 3.8) is 0 Å². The molecular weight excluding hydrogens is 424 g/mol. The van der Waals surface area contributed by atoms with Crippen molar-refractivity contribution in [3.05, 3.63) is 81.5 Å². The first-order valence-electron chi connectivity index (χ1n) is 8.66. The van der Waals surface area contributed by atoms with E-state index in [0.717, 1.165) is 17.9 Å². The van der Waals surface area contributed by atoms with E-state index in [1.807, 2.05) is 0 Å². The normalized spacial score (nSPS) is 13.5. The molecule has 0 spiro atoms. The minimum atomic E-state index is -4.42. The first-order valence-corrected chi connectivity index (χ1v) is 10.6. The summed E-state index contributed by atoms with van der Waals surface area (Å²) >= 11 is 2.61. The van der Waals surface area contributed by atoms with Gasteiger partial charge in [-0.1, -0.05) is 30.0 Å². The van der Waals surface area contributed by atoms with Crippen LogP contribution in [0.15, 0.2) is 63.4 Å². The van der Waals surface area contributed by atoms with Crippen LogP contribution >= 0.6 is 23.5 Å². The monoisotopic (exact) mass is 438 g/mol. The predicted octanol–water partition coefficient (Wildman–Crippen LogP) is 5.33. The maximum absolute atomic E-state index is 13.3. The zero-order valence-corrected chi connectivity index (χ0v) is 16.5. The van der Waals surface area contributed by atoms with Crippen molar-refractivity contribution in [1.29, 1.82) is 0 Å². The van der Waals surface area contributed by atoms with Crippen molar-refractivity contribution < 1.29 is 17.6 Å². The Balaban J connectivity index is 1.71. The van der Waals surface area contributed by atoms with Crippen LogP contribution in [0.5, 0.6) is 0 Å². The third-order valence-corrected chi connectivity index (χ3v) is 6.49. The highest BCUT2D eigenvalue weighted by Gasteiger charge is 2.30. The molecular formula is C20H14F4N2OS2. The largest absolute Gasteiger partial charge is 0.416 e. The van der Waals surface area contributed by atoms with Gasteiger partial charge in [0.1, 0.15) is 5.82 Å². The van der Waals surface area contributed by atoms with E-state index in [4.69, 9.17) is 0 Å². The van der Waals surface area contributed by atoms with Gasteiger partial charge in [-0.15, -0.1) is 11.8 Å². The molecule has 0 atom stereocenters. The molecule has 9 heteroatoms. The highest BCUT2D eigenvalue weighted by molar-refractivity contribution is 7.99. The van der Waals surface area contributed by atoms with E-state index in [1.54, 1.807) is 6.07 Å². The number of halogens is 4. The quantitative estimate of drug-likeness (QED) is 0.313. The number of aromatic nitrogens is 2. The van der Waals surface area contributed by atoms with Crippen molar-refractivity contribution in [2.45, 2.75) is 28.4 Å². The number of aryl methyl sites for hydroxylation is 1. The summed E-state index contributed by atoms with van der Waals surface area (Å²) in [4.78, 5) is 18.2. The molecule has 0 unspecified atom stereocenters. The highest BCUT2D eigenvalue weighted by Crippen LogP contribution is 2.33. The molecule has 1 aromatic heterocycles. The minimum absolute atomic E-state index is 0.212. The number of benzene rings is 2. The molecule has 0 bridgehead atoms. The fraction of sp³-hybridized carbons (Fsp3) is 0.200. The van der Waals surface area contributed by atoms with Crippen molar-refractivity contribution in [1.82, 2.24) is 9.55 Å². The lowest BCUT2D eigenvalue weighted by molar-refractivity contribution is -0.137. The fourth-order valence-electron chi connectivity index (χ4n) is 2.99. The smallest absolute Gasteiger partial charge is 0.268 e. The molecule has 2 aromatic carbocycles. The molecule has 0 saturated heterocycles. The lowest BCUT2D eigenvalue weighted by Gasteiger charge is -2.14. The molecule has 0 radical (unpaired) electrons. The topological polar surface area (TPSA) is 34.9 Å². The van der Waals surface area contributed by atoms with Crippen LogP contribution < -0.4 is 5.56 Å². The molecule has 3 aromatic rings. The molecule has 0 fully saturated rings. The van der Waals surface area contributed by atoms with Gasteiger partial charge >= 0.3 is 6.18 Å². The van der Waals surface area contributed by atoms with E-state index in [9.17, 15) is 22.4 Å². The van der Waals surface area contributed by atoms with E-state index in [-0.39, 0.29) is 11.3 Å². The Morgan fingerprint density at radius 2 is 1.90 bits per heavy atom. The molecule has 1 aliphatic rings. The first-order chi connectivity index (χ1) is 13.8. The van der Waals surface area contributed by atoms with Gasteiger partial charge in [0.25, 0.3) is 5.56 Å². The Labute approximate surface area is 172 Å².